The average molecular weight is 343 g/mol. The molecule has 7 heteroatoms. The van der Waals surface area contributed by atoms with Crippen molar-refractivity contribution in [3.8, 4) is 5.69 Å². The van der Waals surface area contributed by atoms with Crippen molar-refractivity contribution in [3.05, 3.63) is 41.6 Å². The zero-order valence-electron chi connectivity index (χ0n) is 14.8. The first-order valence-electron chi connectivity index (χ1n) is 8.60. The first-order chi connectivity index (χ1) is 12.1. The molecule has 2 heterocycles. The predicted molar refractivity (Wildman–Crippen MR) is 97.3 cm³/mol. The lowest BCUT2D eigenvalue weighted by molar-refractivity contribution is 0.0388. The Kier molecular flexibility index (Phi) is 5.67. The van der Waals surface area contributed by atoms with E-state index in [-0.39, 0.29) is 6.03 Å². The quantitative estimate of drug-likeness (QED) is 0.870. The second-order valence-electron chi connectivity index (χ2n) is 6.25. The van der Waals surface area contributed by atoms with Crippen LogP contribution in [0.25, 0.3) is 5.69 Å². The fourth-order valence-electron chi connectivity index (χ4n) is 2.80. The second-order valence-corrected chi connectivity index (χ2v) is 6.25. The molecule has 2 aromatic rings. The summed E-state index contributed by atoms with van der Waals surface area (Å²) in [4.78, 5) is 14.3. The molecule has 0 bridgehead atoms. The Balaban J connectivity index is 1.51. The lowest BCUT2D eigenvalue weighted by Gasteiger charge is -2.26. The van der Waals surface area contributed by atoms with Crippen LogP contribution in [0, 0.1) is 13.8 Å². The molecule has 2 amide bonds. The van der Waals surface area contributed by atoms with Crippen molar-refractivity contribution >= 4 is 11.8 Å². The number of hydrogen-bond acceptors (Lipinski definition) is 4. The van der Waals surface area contributed by atoms with Crippen LogP contribution in [0.1, 0.15) is 11.3 Å². The molecule has 134 valence electrons. The van der Waals surface area contributed by atoms with Crippen LogP contribution in [-0.2, 0) is 4.74 Å². The third-order valence-electron chi connectivity index (χ3n) is 4.22. The molecule has 1 aromatic carbocycles. The molecular weight excluding hydrogens is 318 g/mol. The van der Waals surface area contributed by atoms with Crippen molar-refractivity contribution in [2.24, 2.45) is 0 Å². The van der Waals surface area contributed by atoms with Gasteiger partial charge in [-0.05, 0) is 26.0 Å². The lowest BCUT2D eigenvalue weighted by atomic mass is 10.2. The number of benzene rings is 1. The monoisotopic (exact) mass is 343 g/mol. The van der Waals surface area contributed by atoms with E-state index >= 15 is 0 Å². The van der Waals surface area contributed by atoms with Gasteiger partial charge in [0, 0.05) is 37.9 Å². The summed E-state index contributed by atoms with van der Waals surface area (Å²) >= 11 is 0. The topological polar surface area (TPSA) is 71.4 Å². The van der Waals surface area contributed by atoms with Gasteiger partial charge in [0.2, 0.25) is 0 Å². The Morgan fingerprint density at radius 3 is 2.64 bits per heavy atom. The number of carbonyl (C=O) groups is 1. The molecule has 0 saturated carbocycles. The van der Waals surface area contributed by atoms with Crippen LogP contribution in [-0.4, -0.2) is 60.1 Å². The summed E-state index contributed by atoms with van der Waals surface area (Å²) in [6.07, 6.45) is 0. The summed E-state index contributed by atoms with van der Waals surface area (Å²) in [7, 11) is 0. The number of nitrogens with zero attached hydrogens (tertiary/aromatic N) is 3. The van der Waals surface area contributed by atoms with Crippen molar-refractivity contribution in [2.75, 3.05) is 44.7 Å². The van der Waals surface area contributed by atoms with Gasteiger partial charge in [-0.15, -0.1) is 5.10 Å². The minimum atomic E-state index is -0.234. The van der Waals surface area contributed by atoms with Gasteiger partial charge in [-0.1, -0.05) is 17.7 Å². The van der Waals surface area contributed by atoms with Crippen LogP contribution in [0.4, 0.5) is 10.6 Å². The van der Waals surface area contributed by atoms with Crippen molar-refractivity contribution in [1.82, 2.24) is 20.0 Å². The Morgan fingerprint density at radius 1 is 1.20 bits per heavy atom. The summed E-state index contributed by atoms with van der Waals surface area (Å²) in [5.41, 5.74) is 3.14. The van der Waals surface area contributed by atoms with Crippen LogP contribution in [0.5, 0.6) is 0 Å². The summed E-state index contributed by atoms with van der Waals surface area (Å²) in [6.45, 7) is 8.82. The number of nitrogens with one attached hydrogen (secondary N) is 2. The molecule has 3 rings (SSSR count). The molecule has 0 atom stereocenters. The number of morpholine rings is 1. The van der Waals surface area contributed by atoms with E-state index in [4.69, 9.17) is 4.74 Å². The van der Waals surface area contributed by atoms with E-state index in [2.05, 4.69) is 20.6 Å². The fraction of sp³-hybridized carbons (Fsp3) is 0.444. The molecule has 0 aliphatic carbocycles. The van der Waals surface area contributed by atoms with Crippen molar-refractivity contribution in [3.63, 3.8) is 0 Å². The minimum Gasteiger partial charge on any atom is -0.379 e. The van der Waals surface area contributed by atoms with Gasteiger partial charge in [0.1, 0.15) is 0 Å². The van der Waals surface area contributed by atoms with E-state index in [0.717, 1.165) is 44.2 Å². The highest BCUT2D eigenvalue weighted by molar-refractivity contribution is 5.88. The molecule has 0 radical (unpaired) electrons. The van der Waals surface area contributed by atoms with Crippen LogP contribution < -0.4 is 10.6 Å². The number of aromatic nitrogens is 2. The summed E-state index contributed by atoms with van der Waals surface area (Å²) in [5.74, 6) is 0.543. The van der Waals surface area contributed by atoms with Gasteiger partial charge in [0.05, 0.1) is 18.9 Å². The highest BCUT2D eigenvalue weighted by Crippen LogP contribution is 2.15. The molecule has 0 unspecified atom stereocenters. The SMILES string of the molecule is Cc1ccc(-n2nc(NC(=O)NCCN3CCOCC3)cc2C)cc1. The van der Waals surface area contributed by atoms with Gasteiger partial charge in [0.15, 0.2) is 5.82 Å². The van der Waals surface area contributed by atoms with Crippen LogP contribution in [0.3, 0.4) is 0 Å². The van der Waals surface area contributed by atoms with Crippen molar-refractivity contribution in [2.45, 2.75) is 13.8 Å². The molecule has 1 aliphatic heterocycles. The van der Waals surface area contributed by atoms with Gasteiger partial charge >= 0.3 is 6.03 Å². The van der Waals surface area contributed by atoms with E-state index < -0.39 is 0 Å². The summed E-state index contributed by atoms with van der Waals surface area (Å²) in [6, 6.07) is 9.75. The molecule has 1 aliphatic rings. The highest BCUT2D eigenvalue weighted by atomic mass is 16.5. The first kappa shape index (κ1) is 17.4. The average Bonchev–Trinajstić information content (AvgIpc) is 2.96. The van der Waals surface area contributed by atoms with Crippen LogP contribution in [0.2, 0.25) is 0 Å². The standard InChI is InChI=1S/C18H25N5O2/c1-14-3-5-16(6-4-14)23-15(2)13-17(21-23)20-18(24)19-7-8-22-9-11-25-12-10-22/h3-6,13H,7-12H2,1-2H3,(H2,19,20,21,24). The lowest BCUT2D eigenvalue weighted by Crippen LogP contribution is -2.42. The maximum Gasteiger partial charge on any atom is 0.320 e. The molecule has 1 fully saturated rings. The largest absolute Gasteiger partial charge is 0.379 e. The summed E-state index contributed by atoms with van der Waals surface area (Å²) in [5, 5.41) is 10.1. The molecule has 2 N–H and O–H groups in total. The van der Waals surface area contributed by atoms with Gasteiger partial charge in [-0.3, -0.25) is 10.2 Å². The van der Waals surface area contributed by atoms with Gasteiger partial charge in [-0.2, -0.15) is 0 Å². The third-order valence-corrected chi connectivity index (χ3v) is 4.22. The highest BCUT2D eigenvalue weighted by Gasteiger charge is 2.11. The normalized spacial score (nSPS) is 15.1. The first-order valence-corrected chi connectivity index (χ1v) is 8.60. The number of aryl methyl sites for hydroxylation is 2. The zero-order valence-corrected chi connectivity index (χ0v) is 14.8. The number of ether oxygens (including phenoxy) is 1. The van der Waals surface area contributed by atoms with Crippen LogP contribution in [0.15, 0.2) is 30.3 Å². The maximum absolute atomic E-state index is 12.0. The predicted octanol–water partition coefficient (Wildman–Crippen LogP) is 1.94. The molecule has 0 spiro atoms. The molecule has 7 nitrogen and oxygen atoms in total. The van der Waals surface area contributed by atoms with Gasteiger partial charge in [-0.25, -0.2) is 9.48 Å². The molecule has 25 heavy (non-hydrogen) atoms. The van der Waals surface area contributed by atoms with Gasteiger partial charge < -0.3 is 10.1 Å². The van der Waals surface area contributed by atoms with Crippen LogP contribution >= 0.6 is 0 Å². The number of carbonyl (C=O) groups excluding carboxylic acids is 1. The van der Waals surface area contributed by atoms with Crippen molar-refractivity contribution in [1.29, 1.82) is 0 Å². The third kappa shape index (κ3) is 4.80. The Labute approximate surface area is 148 Å². The number of rotatable bonds is 5. The number of anilines is 1. The number of urea groups is 1. The van der Waals surface area contributed by atoms with E-state index in [1.165, 1.54) is 5.56 Å². The molecule has 1 saturated heterocycles. The smallest absolute Gasteiger partial charge is 0.320 e. The van der Waals surface area contributed by atoms with Gasteiger partial charge in [0.25, 0.3) is 0 Å². The molecular formula is C18H25N5O2. The minimum absolute atomic E-state index is 0.234. The van der Waals surface area contributed by atoms with E-state index in [1.807, 2.05) is 48.9 Å². The number of amides is 2. The summed E-state index contributed by atoms with van der Waals surface area (Å²) < 4.78 is 7.13. The van der Waals surface area contributed by atoms with E-state index in [9.17, 15) is 4.79 Å². The molecule has 1 aromatic heterocycles. The Bertz CT molecular complexity index is 705. The fourth-order valence-corrected chi connectivity index (χ4v) is 2.80. The Hall–Kier alpha value is -2.38. The maximum atomic E-state index is 12.0. The zero-order chi connectivity index (χ0) is 17.6. The second kappa shape index (κ2) is 8.13. The Morgan fingerprint density at radius 2 is 1.92 bits per heavy atom. The van der Waals surface area contributed by atoms with E-state index in [1.54, 1.807) is 0 Å². The van der Waals surface area contributed by atoms with Crippen molar-refractivity contribution < 1.29 is 9.53 Å². The van der Waals surface area contributed by atoms with E-state index in [0.29, 0.717) is 12.4 Å². The number of hydrogen-bond donors (Lipinski definition) is 2.